The summed E-state index contributed by atoms with van der Waals surface area (Å²) in [6.45, 7) is 3.24. The monoisotopic (exact) mass is 423 g/mol. The van der Waals surface area contributed by atoms with Crippen molar-refractivity contribution in [3.05, 3.63) is 71.0 Å². The first kappa shape index (κ1) is 21.3. The number of aryl methyl sites for hydroxylation is 1. The SMILES string of the molecule is Cc1cc([C@@H]2CC[C@@H](C(=O)NCC3CC3)CN2C(=O)NCc2ccccc2)ccc1F. The summed E-state index contributed by atoms with van der Waals surface area (Å²) < 4.78 is 13.8. The topological polar surface area (TPSA) is 61.4 Å². The molecule has 0 radical (unpaired) electrons. The van der Waals surface area contributed by atoms with Crippen LogP contribution in [0.2, 0.25) is 0 Å². The number of urea groups is 1. The number of benzene rings is 2. The Labute approximate surface area is 183 Å². The van der Waals surface area contributed by atoms with E-state index in [1.54, 1.807) is 17.9 Å². The molecule has 0 spiro atoms. The molecule has 0 unspecified atom stereocenters. The predicted octanol–water partition coefficient (Wildman–Crippen LogP) is 4.32. The highest BCUT2D eigenvalue weighted by Crippen LogP contribution is 2.35. The molecule has 2 aromatic carbocycles. The van der Waals surface area contributed by atoms with Crippen molar-refractivity contribution >= 4 is 11.9 Å². The largest absolute Gasteiger partial charge is 0.356 e. The lowest BCUT2D eigenvalue weighted by molar-refractivity contribution is -0.126. The summed E-state index contributed by atoms with van der Waals surface area (Å²) in [5, 5.41) is 6.05. The van der Waals surface area contributed by atoms with Crippen molar-refractivity contribution < 1.29 is 14.0 Å². The maximum atomic E-state index is 13.8. The van der Waals surface area contributed by atoms with Crippen LogP contribution in [-0.4, -0.2) is 29.9 Å². The van der Waals surface area contributed by atoms with E-state index in [-0.39, 0.29) is 29.7 Å². The molecule has 5 nitrogen and oxygen atoms in total. The van der Waals surface area contributed by atoms with Gasteiger partial charge in [-0.3, -0.25) is 4.79 Å². The van der Waals surface area contributed by atoms with Crippen LogP contribution in [0, 0.1) is 24.6 Å². The minimum atomic E-state index is -0.253. The van der Waals surface area contributed by atoms with Gasteiger partial charge in [0.15, 0.2) is 0 Å². The fourth-order valence-corrected chi connectivity index (χ4v) is 4.22. The number of piperidine rings is 1. The summed E-state index contributed by atoms with van der Waals surface area (Å²) in [5.74, 6) is 0.172. The molecule has 1 heterocycles. The van der Waals surface area contributed by atoms with E-state index in [4.69, 9.17) is 0 Å². The lowest BCUT2D eigenvalue weighted by atomic mass is 9.88. The van der Waals surface area contributed by atoms with Crippen LogP contribution in [0.25, 0.3) is 0 Å². The third kappa shape index (κ3) is 5.43. The first-order valence-corrected chi connectivity index (χ1v) is 11.1. The summed E-state index contributed by atoms with van der Waals surface area (Å²) in [6, 6.07) is 14.4. The van der Waals surface area contributed by atoms with Crippen LogP contribution in [0.1, 0.15) is 48.4 Å². The Morgan fingerprint density at radius 1 is 1.03 bits per heavy atom. The standard InChI is InChI=1S/C25H30FN3O2/c1-17-13-20(9-11-22(17)26)23-12-10-21(24(30)27-14-19-7-8-19)16-29(23)25(31)28-15-18-5-3-2-4-6-18/h2-6,9,11,13,19,21,23H,7-8,10,12,14-16H2,1H3,(H,27,30)(H,28,31)/t21-,23+/m1/s1. The van der Waals surface area contributed by atoms with E-state index in [1.807, 2.05) is 36.4 Å². The number of carbonyl (C=O) groups excluding carboxylic acids is 2. The van der Waals surface area contributed by atoms with Crippen molar-refractivity contribution in [3.63, 3.8) is 0 Å². The zero-order chi connectivity index (χ0) is 21.8. The van der Waals surface area contributed by atoms with E-state index >= 15 is 0 Å². The van der Waals surface area contributed by atoms with E-state index in [1.165, 1.54) is 18.9 Å². The molecule has 164 valence electrons. The van der Waals surface area contributed by atoms with Crippen LogP contribution < -0.4 is 10.6 Å². The van der Waals surface area contributed by atoms with E-state index in [9.17, 15) is 14.0 Å². The van der Waals surface area contributed by atoms with E-state index < -0.39 is 0 Å². The Kier molecular flexibility index (Phi) is 6.54. The molecule has 1 saturated carbocycles. The second kappa shape index (κ2) is 9.50. The number of carbonyl (C=O) groups is 2. The predicted molar refractivity (Wildman–Crippen MR) is 118 cm³/mol. The normalized spacial score (nSPS) is 20.9. The molecule has 6 heteroatoms. The molecule has 0 bridgehead atoms. The van der Waals surface area contributed by atoms with Gasteiger partial charge in [0.2, 0.25) is 5.91 Å². The molecule has 1 saturated heterocycles. The maximum absolute atomic E-state index is 13.8. The Morgan fingerprint density at radius 2 is 1.81 bits per heavy atom. The van der Waals surface area contributed by atoms with Crippen molar-refractivity contribution in [2.24, 2.45) is 11.8 Å². The minimum Gasteiger partial charge on any atom is -0.356 e. The van der Waals surface area contributed by atoms with Gasteiger partial charge >= 0.3 is 6.03 Å². The molecule has 31 heavy (non-hydrogen) atoms. The number of halogens is 1. The second-order valence-corrected chi connectivity index (χ2v) is 8.78. The van der Waals surface area contributed by atoms with E-state index in [0.29, 0.717) is 37.4 Å². The Bertz CT molecular complexity index is 930. The van der Waals surface area contributed by atoms with Gasteiger partial charge in [0.05, 0.1) is 12.0 Å². The molecule has 1 aliphatic heterocycles. The van der Waals surface area contributed by atoms with Gasteiger partial charge in [0.25, 0.3) is 0 Å². The highest BCUT2D eigenvalue weighted by Gasteiger charge is 2.36. The molecule has 2 aliphatic rings. The highest BCUT2D eigenvalue weighted by molar-refractivity contribution is 5.81. The molecular weight excluding hydrogens is 393 g/mol. The smallest absolute Gasteiger partial charge is 0.318 e. The van der Waals surface area contributed by atoms with Gasteiger partial charge < -0.3 is 15.5 Å². The summed E-state index contributed by atoms with van der Waals surface area (Å²) >= 11 is 0. The van der Waals surface area contributed by atoms with Crippen molar-refractivity contribution in [1.29, 1.82) is 0 Å². The maximum Gasteiger partial charge on any atom is 0.318 e. The van der Waals surface area contributed by atoms with Crippen molar-refractivity contribution in [2.75, 3.05) is 13.1 Å². The van der Waals surface area contributed by atoms with Crippen LogP contribution in [0.15, 0.2) is 48.5 Å². The average Bonchev–Trinajstić information content (AvgIpc) is 3.62. The Morgan fingerprint density at radius 3 is 2.52 bits per heavy atom. The molecule has 2 aromatic rings. The fraction of sp³-hybridized carbons (Fsp3) is 0.440. The second-order valence-electron chi connectivity index (χ2n) is 8.78. The van der Waals surface area contributed by atoms with Gasteiger partial charge in [-0.25, -0.2) is 9.18 Å². The summed E-state index contributed by atoms with van der Waals surface area (Å²) in [4.78, 5) is 27.6. The number of hydrogen-bond acceptors (Lipinski definition) is 2. The Hall–Kier alpha value is -2.89. The molecule has 3 amide bonds. The number of nitrogens with zero attached hydrogens (tertiary/aromatic N) is 1. The molecule has 2 N–H and O–H groups in total. The number of likely N-dealkylation sites (tertiary alicyclic amines) is 1. The van der Waals surface area contributed by atoms with Crippen LogP contribution in [0.5, 0.6) is 0 Å². The van der Waals surface area contributed by atoms with Crippen LogP contribution in [0.4, 0.5) is 9.18 Å². The molecule has 2 fully saturated rings. The van der Waals surface area contributed by atoms with Crippen molar-refractivity contribution in [3.8, 4) is 0 Å². The third-order valence-electron chi connectivity index (χ3n) is 6.33. The van der Waals surface area contributed by atoms with Crippen LogP contribution in [-0.2, 0) is 11.3 Å². The zero-order valence-electron chi connectivity index (χ0n) is 17.9. The number of hydrogen-bond donors (Lipinski definition) is 2. The quantitative estimate of drug-likeness (QED) is 0.727. The van der Waals surface area contributed by atoms with Crippen molar-refractivity contribution in [2.45, 2.75) is 45.2 Å². The lowest BCUT2D eigenvalue weighted by Crippen LogP contribution is -2.50. The van der Waals surface area contributed by atoms with Gasteiger partial charge in [-0.05, 0) is 61.3 Å². The molecular formula is C25H30FN3O2. The minimum absolute atomic E-state index is 0.0292. The summed E-state index contributed by atoms with van der Waals surface area (Å²) in [5.41, 5.74) is 2.48. The van der Waals surface area contributed by atoms with Crippen LogP contribution >= 0.6 is 0 Å². The van der Waals surface area contributed by atoms with E-state index in [0.717, 1.165) is 17.7 Å². The van der Waals surface area contributed by atoms with Crippen LogP contribution in [0.3, 0.4) is 0 Å². The lowest BCUT2D eigenvalue weighted by Gasteiger charge is -2.39. The van der Waals surface area contributed by atoms with Gasteiger partial charge in [0.1, 0.15) is 5.82 Å². The van der Waals surface area contributed by atoms with Gasteiger partial charge in [-0.15, -0.1) is 0 Å². The summed E-state index contributed by atoms with van der Waals surface area (Å²) in [6.07, 6.45) is 3.75. The molecule has 1 aliphatic carbocycles. The molecule has 0 aromatic heterocycles. The van der Waals surface area contributed by atoms with E-state index in [2.05, 4.69) is 10.6 Å². The third-order valence-corrected chi connectivity index (χ3v) is 6.33. The number of nitrogens with one attached hydrogen (secondary N) is 2. The zero-order valence-corrected chi connectivity index (χ0v) is 17.9. The Balaban J connectivity index is 1.48. The van der Waals surface area contributed by atoms with Crippen molar-refractivity contribution in [1.82, 2.24) is 15.5 Å². The molecule has 4 rings (SSSR count). The van der Waals surface area contributed by atoms with Gasteiger partial charge in [0, 0.05) is 19.6 Å². The number of amides is 3. The first-order chi connectivity index (χ1) is 15.0. The van der Waals surface area contributed by atoms with Gasteiger partial charge in [-0.1, -0.05) is 42.5 Å². The average molecular weight is 424 g/mol. The fourth-order valence-electron chi connectivity index (χ4n) is 4.22. The summed E-state index contributed by atoms with van der Waals surface area (Å²) in [7, 11) is 0. The first-order valence-electron chi connectivity index (χ1n) is 11.1. The number of rotatable bonds is 6. The highest BCUT2D eigenvalue weighted by atomic mass is 19.1. The molecule has 2 atom stereocenters. The van der Waals surface area contributed by atoms with Gasteiger partial charge in [-0.2, -0.15) is 0 Å².